The van der Waals surface area contributed by atoms with E-state index in [1.807, 2.05) is 0 Å². The van der Waals surface area contributed by atoms with Gasteiger partial charge in [0, 0.05) is 38.9 Å². The Labute approximate surface area is 127 Å². The maximum Gasteiger partial charge on any atom is 0.128 e. The van der Waals surface area contributed by atoms with Crippen molar-refractivity contribution in [2.24, 2.45) is 5.92 Å². The molecular weight excluding hydrogens is 272 g/mol. The van der Waals surface area contributed by atoms with Crippen LogP contribution in [0.1, 0.15) is 19.4 Å². The second-order valence-corrected chi connectivity index (χ2v) is 6.36. The molecule has 0 atom stereocenters. The van der Waals surface area contributed by atoms with Gasteiger partial charge in [-0.15, -0.1) is 0 Å². The molecule has 4 nitrogen and oxygen atoms in total. The Balaban J connectivity index is 2.00. The van der Waals surface area contributed by atoms with Gasteiger partial charge in [-0.05, 0) is 31.1 Å². The van der Waals surface area contributed by atoms with E-state index in [1.54, 1.807) is 6.20 Å². The molecule has 1 N–H and O–H groups in total. The molecule has 0 aliphatic carbocycles. The highest BCUT2D eigenvalue weighted by Crippen LogP contribution is 2.21. The van der Waals surface area contributed by atoms with Gasteiger partial charge in [0.25, 0.3) is 0 Å². The zero-order valence-corrected chi connectivity index (χ0v) is 13.5. The zero-order valence-electron chi connectivity index (χ0n) is 12.7. The monoisotopic (exact) mass is 296 g/mol. The molecule has 0 radical (unpaired) electrons. The molecule has 1 aliphatic heterocycles. The lowest BCUT2D eigenvalue weighted by Gasteiger charge is -2.33. The molecule has 0 bridgehead atoms. The summed E-state index contributed by atoms with van der Waals surface area (Å²) < 4.78 is 0. The molecule has 0 unspecified atom stereocenters. The van der Waals surface area contributed by atoms with Gasteiger partial charge in [0.1, 0.15) is 5.82 Å². The van der Waals surface area contributed by atoms with Crippen molar-refractivity contribution in [2.45, 2.75) is 20.4 Å². The van der Waals surface area contributed by atoms with Crippen molar-refractivity contribution in [1.82, 2.24) is 15.2 Å². The summed E-state index contributed by atoms with van der Waals surface area (Å²) >= 11 is 6.24. The highest BCUT2D eigenvalue weighted by atomic mass is 35.5. The van der Waals surface area contributed by atoms with Gasteiger partial charge in [0.05, 0.1) is 5.02 Å². The fourth-order valence-corrected chi connectivity index (χ4v) is 2.48. The summed E-state index contributed by atoms with van der Waals surface area (Å²) in [5, 5.41) is 4.19. The van der Waals surface area contributed by atoms with Crippen LogP contribution >= 0.6 is 11.6 Å². The van der Waals surface area contributed by atoms with E-state index in [1.165, 1.54) is 0 Å². The predicted octanol–water partition coefficient (Wildman–Crippen LogP) is 2.23. The molecule has 0 spiro atoms. The van der Waals surface area contributed by atoms with E-state index in [9.17, 15) is 0 Å². The quantitative estimate of drug-likeness (QED) is 0.903. The molecule has 112 valence electrons. The predicted molar refractivity (Wildman–Crippen MR) is 85.5 cm³/mol. The Morgan fingerprint density at radius 3 is 2.65 bits per heavy atom. The Bertz CT molecular complexity index is 428. The minimum absolute atomic E-state index is 0.646. The fourth-order valence-electron chi connectivity index (χ4n) is 2.31. The van der Waals surface area contributed by atoms with Crippen LogP contribution in [0, 0.1) is 5.92 Å². The topological polar surface area (TPSA) is 31.4 Å². The smallest absolute Gasteiger partial charge is 0.128 e. The Hall–Kier alpha value is -0.840. The first-order chi connectivity index (χ1) is 9.56. The minimum atomic E-state index is 0.646. The third kappa shape index (κ3) is 4.33. The van der Waals surface area contributed by atoms with E-state index in [0.29, 0.717) is 5.92 Å². The van der Waals surface area contributed by atoms with E-state index >= 15 is 0 Å². The van der Waals surface area contributed by atoms with Crippen LogP contribution in [0.15, 0.2) is 12.3 Å². The third-order valence-corrected chi connectivity index (χ3v) is 3.96. The lowest BCUT2D eigenvalue weighted by Crippen LogP contribution is -2.44. The van der Waals surface area contributed by atoms with Crippen LogP contribution < -0.4 is 10.2 Å². The zero-order chi connectivity index (χ0) is 14.5. The first kappa shape index (κ1) is 15.5. The maximum absolute atomic E-state index is 6.24. The minimum Gasteiger partial charge on any atom is -0.354 e. The van der Waals surface area contributed by atoms with Gasteiger partial charge in [-0.3, -0.25) is 0 Å². The van der Waals surface area contributed by atoms with Crippen LogP contribution in [-0.4, -0.2) is 49.7 Å². The van der Waals surface area contributed by atoms with Gasteiger partial charge in [-0.1, -0.05) is 25.4 Å². The molecular formula is C15H25ClN4. The molecule has 2 heterocycles. The van der Waals surface area contributed by atoms with Crippen LogP contribution in [0.4, 0.5) is 5.82 Å². The Morgan fingerprint density at radius 2 is 2.00 bits per heavy atom. The van der Waals surface area contributed by atoms with Crippen LogP contribution in [0.25, 0.3) is 0 Å². The average Bonchev–Trinajstić information content (AvgIpc) is 2.41. The summed E-state index contributed by atoms with van der Waals surface area (Å²) in [6, 6.07) is 2.13. The maximum atomic E-state index is 6.24. The lowest BCUT2D eigenvalue weighted by molar-refractivity contribution is 0.312. The molecule has 5 heteroatoms. The summed E-state index contributed by atoms with van der Waals surface area (Å²) in [7, 11) is 2.16. The van der Waals surface area contributed by atoms with E-state index in [-0.39, 0.29) is 0 Å². The Morgan fingerprint density at radius 1 is 1.30 bits per heavy atom. The number of anilines is 1. The van der Waals surface area contributed by atoms with Crippen molar-refractivity contribution in [3.8, 4) is 0 Å². The SMILES string of the molecule is CC(C)CNCc1cc(N2CCN(C)CC2)ncc1Cl. The molecule has 1 saturated heterocycles. The number of nitrogens with one attached hydrogen (secondary N) is 1. The van der Waals surface area contributed by atoms with Crippen LogP contribution in [0.2, 0.25) is 5.02 Å². The highest BCUT2D eigenvalue weighted by molar-refractivity contribution is 6.31. The number of hydrogen-bond acceptors (Lipinski definition) is 4. The molecule has 0 aromatic carbocycles. The number of rotatable bonds is 5. The number of hydrogen-bond donors (Lipinski definition) is 1. The lowest BCUT2D eigenvalue weighted by atomic mass is 10.2. The summed E-state index contributed by atoms with van der Waals surface area (Å²) in [6.45, 7) is 10.5. The largest absolute Gasteiger partial charge is 0.354 e. The molecule has 0 amide bonds. The molecule has 1 aromatic heterocycles. The highest BCUT2D eigenvalue weighted by Gasteiger charge is 2.16. The summed E-state index contributed by atoms with van der Waals surface area (Å²) in [5.41, 5.74) is 1.14. The van der Waals surface area contributed by atoms with Crippen molar-refractivity contribution < 1.29 is 0 Å². The van der Waals surface area contributed by atoms with E-state index in [2.05, 4.69) is 47.1 Å². The van der Waals surface area contributed by atoms with Crippen molar-refractivity contribution in [3.63, 3.8) is 0 Å². The second kappa shape index (κ2) is 7.25. The van der Waals surface area contributed by atoms with Gasteiger partial charge in [-0.2, -0.15) is 0 Å². The average molecular weight is 297 g/mol. The molecule has 2 rings (SSSR count). The first-order valence-electron chi connectivity index (χ1n) is 7.35. The van der Waals surface area contributed by atoms with Gasteiger partial charge >= 0.3 is 0 Å². The molecule has 1 fully saturated rings. The van der Waals surface area contributed by atoms with Crippen LogP contribution in [-0.2, 0) is 6.54 Å². The number of pyridine rings is 1. The number of likely N-dealkylation sites (N-methyl/N-ethyl adjacent to an activating group) is 1. The molecule has 1 aromatic rings. The number of nitrogens with zero attached hydrogens (tertiary/aromatic N) is 3. The van der Waals surface area contributed by atoms with Crippen molar-refractivity contribution in [1.29, 1.82) is 0 Å². The van der Waals surface area contributed by atoms with E-state index in [4.69, 9.17) is 11.6 Å². The van der Waals surface area contributed by atoms with Crippen molar-refractivity contribution >= 4 is 17.4 Å². The standard InChI is InChI=1S/C15H25ClN4/c1-12(2)9-17-10-13-8-15(18-11-14(13)16)20-6-4-19(3)5-7-20/h8,11-12,17H,4-7,9-10H2,1-3H3. The molecule has 1 aliphatic rings. The van der Waals surface area contributed by atoms with Gasteiger partial charge < -0.3 is 15.1 Å². The number of aromatic nitrogens is 1. The normalized spacial score (nSPS) is 16.9. The van der Waals surface area contributed by atoms with Gasteiger partial charge in [0.15, 0.2) is 0 Å². The second-order valence-electron chi connectivity index (χ2n) is 5.95. The van der Waals surface area contributed by atoms with Crippen molar-refractivity contribution in [2.75, 3.05) is 44.7 Å². The third-order valence-electron chi connectivity index (χ3n) is 3.62. The molecule has 0 saturated carbocycles. The van der Waals surface area contributed by atoms with Gasteiger partial charge in [-0.25, -0.2) is 4.98 Å². The van der Waals surface area contributed by atoms with Crippen molar-refractivity contribution in [3.05, 3.63) is 22.8 Å². The van der Waals surface area contributed by atoms with E-state index in [0.717, 1.165) is 55.7 Å². The first-order valence-corrected chi connectivity index (χ1v) is 7.72. The summed E-state index contributed by atoms with van der Waals surface area (Å²) in [4.78, 5) is 9.16. The molecule has 20 heavy (non-hydrogen) atoms. The number of halogens is 1. The van der Waals surface area contributed by atoms with Crippen LogP contribution in [0.3, 0.4) is 0 Å². The van der Waals surface area contributed by atoms with Crippen LogP contribution in [0.5, 0.6) is 0 Å². The van der Waals surface area contributed by atoms with Gasteiger partial charge in [0.2, 0.25) is 0 Å². The number of piperazine rings is 1. The van der Waals surface area contributed by atoms with E-state index < -0.39 is 0 Å². The summed E-state index contributed by atoms with van der Waals surface area (Å²) in [6.07, 6.45) is 1.78. The Kier molecular flexibility index (Phi) is 5.64. The summed E-state index contributed by atoms with van der Waals surface area (Å²) in [5.74, 6) is 1.69. The fraction of sp³-hybridized carbons (Fsp3) is 0.667.